The number of benzene rings is 3. The lowest BCUT2D eigenvalue weighted by molar-refractivity contribution is -0.384. The Bertz CT molecular complexity index is 1390. The molecule has 0 aromatic heterocycles. The number of nitrogens with zero attached hydrogens (tertiary/aromatic N) is 3. The summed E-state index contributed by atoms with van der Waals surface area (Å²) in [5.74, 6) is -0.391. The lowest BCUT2D eigenvalue weighted by Gasteiger charge is -2.12. The molecule has 1 aliphatic heterocycles. The first-order chi connectivity index (χ1) is 17.4. The molecule has 3 aromatic rings. The average molecular weight is 524 g/mol. The van der Waals surface area contributed by atoms with Crippen molar-refractivity contribution in [3.8, 4) is 5.75 Å². The molecule has 0 bridgehead atoms. The van der Waals surface area contributed by atoms with Crippen molar-refractivity contribution >= 4 is 51.9 Å². The van der Waals surface area contributed by atoms with Gasteiger partial charge in [-0.25, -0.2) is 9.38 Å². The molecule has 10 heteroatoms. The number of amidine groups is 1. The first-order valence-corrected chi connectivity index (χ1v) is 11.9. The minimum absolute atomic E-state index is 0.134. The van der Waals surface area contributed by atoms with Crippen LogP contribution in [0.15, 0.2) is 89.3 Å². The van der Waals surface area contributed by atoms with Crippen molar-refractivity contribution in [3.05, 3.63) is 116 Å². The lowest BCUT2D eigenvalue weighted by atomic mass is 10.1. The van der Waals surface area contributed by atoms with Gasteiger partial charge in [0.25, 0.3) is 11.6 Å². The minimum Gasteiger partial charge on any atom is -0.488 e. The van der Waals surface area contributed by atoms with Crippen LogP contribution in [0.4, 0.5) is 15.8 Å². The fourth-order valence-electron chi connectivity index (χ4n) is 3.31. The highest BCUT2D eigenvalue weighted by atomic mass is 35.5. The van der Waals surface area contributed by atoms with Gasteiger partial charge >= 0.3 is 0 Å². The fourth-order valence-corrected chi connectivity index (χ4v) is 4.50. The Balaban J connectivity index is 1.69. The molecule has 0 spiro atoms. The van der Waals surface area contributed by atoms with E-state index < -0.39 is 10.7 Å². The van der Waals surface area contributed by atoms with Crippen LogP contribution < -0.4 is 4.74 Å². The van der Waals surface area contributed by atoms with Crippen LogP contribution in [0.5, 0.6) is 5.75 Å². The fraction of sp³-hybridized carbons (Fsp3) is 0.0769. The summed E-state index contributed by atoms with van der Waals surface area (Å²) in [6.45, 7) is 4.03. The monoisotopic (exact) mass is 523 g/mol. The van der Waals surface area contributed by atoms with E-state index in [1.54, 1.807) is 18.2 Å². The Labute approximate surface area is 215 Å². The summed E-state index contributed by atoms with van der Waals surface area (Å²) in [6.07, 6.45) is 3.10. The molecule has 1 fully saturated rings. The molecule has 0 saturated carbocycles. The third-order valence-electron chi connectivity index (χ3n) is 5.08. The van der Waals surface area contributed by atoms with Gasteiger partial charge in [-0.3, -0.25) is 19.8 Å². The summed E-state index contributed by atoms with van der Waals surface area (Å²) in [5.41, 5.74) is 1.42. The summed E-state index contributed by atoms with van der Waals surface area (Å²) in [4.78, 5) is 30.2. The predicted octanol–water partition coefficient (Wildman–Crippen LogP) is 6.76. The van der Waals surface area contributed by atoms with Gasteiger partial charge in [-0.05, 0) is 54.2 Å². The van der Waals surface area contributed by atoms with Crippen molar-refractivity contribution in [3.63, 3.8) is 0 Å². The van der Waals surface area contributed by atoms with Gasteiger partial charge in [0.05, 0.1) is 15.5 Å². The molecule has 0 N–H and O–H groups in total. The van der Waals surface area contributed by atoms with E-state index in [2.05, 4.69) is 11.6 Å². The van der Waals surface area contributed by atoms with Crippen molar-refractivity contribution in [1.29, 1.82) is 0 Å². The Kier molecular flexibility index (Phi) is 7.82. The molecule has 182 valence electrons. The summed E-state index contributed by atoms with van der Waals surface area (Å²) in [6, 6.07) is 16.9. The summed E-state index contributed by atoms with van der Waals surface area (Å²) < 4.78 is 19.2. The maximum atomic E-state index is 13.3. The van der Waals surface area contributed by atoms with Crippen molar-refractivity contribution in [1.82, 2.24) is 4.90 Å². The van der Waals surface area contributed by atoms with E-state index in [4.69, 9.17) is 16.3 Å². The zero-order valence-electron chi connectivity index (χ0n) is 18.8. The van der Waals surface area contributed by atoms with Crippen LogP contribution in [0, 0.1) is 15.9 Å². The number of nitro benzene ring substituents is 1. The number of hydrogen-bond acceptors (Lipinski definition) is 6. The number of hydrogen-bond donors (Lipinski definition) is 0. The van der Waals surface area contributed by atoms with Crippen molar-refractivity contribution in [2.75, 3.05) is 6.54 Å². The number of halogens is 2. The maximum absolute atomic E-state index is 13.3. The number of rotatable bonds is 8. The summed E-state index contributed by atoms with van der Waals surface area (Å²) in [7, 11) is 0. The number of carbonyl (C=O) groups excluding carboxylic acids is 1. The molecule has 36 heavy (non-hydrogen) atoms. The molecule has 7 nitrogen and oxygen atoms in total. The highest BCUT2D eigenvalue weighted by Gasteiger charge is 2.33. The molecule has 0 aliphatic carbocycles. The van der Waals surface area contributed by atoms with Gasteiger partial charge in [-0.15, -0.1) is 6.58 Å². The molecule has 1 heterocycles. The quantitative estimate of drug-likeness (QED) is 0.141. The molecule has 1 saturated heterocycles. The second-order valence-corrected chi connectivity index (χ2v) is 8.96. The van der Waals surface area contributed by atoms with Gasteiger partial charge in [0.1, 0.15) is 18.2 Å². The molecule has 3 aromatic carbocycles. The molecule has 0 radical (unpaired) electrons. The number of aliphatic imine (C=N–C) groups is 1. The van der Waals surface area contributed by atoms with Crippen LogP contribution in [0.25, 0.3) is 6.08 Å². The highest BCUT2D eigenvalue weighted by Crippen LogP contribution is 2.36. The van der Waals surface area contributed by atoms with E-state index in [9.17, 15) is 19.3 Å². The van der Waals surface area contributed by atoms with Crippen LogP contribution in [0.2, 0.25) is 5.02 Å². The first kappa shape index (κ1) is 25.2. The number of nitro groups is 1. The van der Waals surface area contributed by atoms with Crippen molar-refractivity contribution in [2.45, 2.75) is 6.61 Å². The third-order valence-corrected chi connectivity index (χ3v) is 6.46. The Morgan fingerprint density at radius 2 is 1.92 bits per heavy atom. The van der Waals surface area contributed by atoms with Crippen LogP contribution in [-0.2, 0) is 11.4 Å². The van der Waals surface area contributed by atoms with Gasteiger partial charge in [-0.2, -0.15) is 0 Å². The predicted molar refractivity (Wildman–Crippen MR) is 140 cm³/mol. The topological polar surface area (TPSA) is 85.0 Å². The van der Waals surface area contributed by atoms with E-state index in [-0.39, 0.29) is 24.7 Å². The lowest BCUT2D eigenvalue weighted by Crippen LogP contribution is -2.29. The number of non-ortho nitro benzene ring substituents is 1. The SMILES string of the molecule is C=CCN1C(=O)C(=Cc2cc([N+](=O)[O-])ccc2OCc2ccccc2Cl)SC1=Nc1ccc(F)cc1. The normalized spacial score (nSPS) is 15.5. The summed E-state index contributed by atoms with van der Waals surface area (Å²) >= 11 is 7.31. The van der Waals surface area contributed by atoms with Crippen molar-refractivity contribution < 1.29 is 18.8 Å². The van der Waals surface area contributed by atoms with E-state index >= 15 is 0 Å². The molecule has 1 amide bonds. The van der Waals surface area contributed by atoms with Gasteiger partial charge in [-0.1, -0.05) is 35.9 Å². The Morgan fingerprint density at radius 1 is 1.17 bits per heavy atom. The van der Waals surface area contributed by atoms with E-state index in [1.165, 1.54) is 53.4 Å². The molecule has 4 rings (SSSR count). The minimum atomic E-state index is -0.519. The Hall–Kier alpha value is -3.95. The zero-order chi connectivity index (χ0) is 25.7. The molecular formula is C26H19ClFN3O4S. The molecule has 0 atom stereocenters. The standard InChI is InChI=1S/C26H19ClFN3O4S/c1-2-13-30-25(32)24(36-26(30)29-20-9-7-19(28)8-10-20)15-18-14-21(31(33)34)11-12-23(18)35-16-17-5-3-4-6-22(17)27/h2-12,14-15H,1,13,16H2. The van der Waals surface area contributed by atoms with Crippen LogP contribution in [-0.4, -0.2) is 27.4 Å². The second-order valence-electron chi connectivity index (χ2n) is 7.55. The van der Waals surface area contributed by atoms with Crippen LogP contribution in [0.3, 0.4) is 0 Å². The van der Waals surface area contributed by atoms with E-state index in [0.717, 1.165) is 17.3 Å². The van der Waals surface area contributed by atoms with Crippen LogP contribution in [0.1, 0.15) is 11.1 Å². The highest BCUT2D eigenvalue weighted by molar-refractivity contribution is 8.18. The van der Waals surface area contributed by atoms with Gasteiger partial charge in [0.2, 0.25) is 0 Å². The zero-order valence-corrected chi connectivity index (χ0v) is 20.3. The summed E-state index contributed by atoms with van der Waals surface area (Å²) in [5, 5.41) is 12.3. The van der Waals surface area contributed by atoms with Crippen molar-refractivity contribution in [2.24, 2.45) is 4.99 Å². The van der Waals surface area contributed by atoms with Gasteiger partial charge in [0.15, 0.2) is 5.17 Å². The van der Waals surface area contributed by atoms with Crippen LogP contribution >= 0.6 is 23.4 Å². The smallest absolute Gasteiger partial charge is 0.270 e. The maximum Gasteiger partial charge on any atom is 0.270 e. The number of ether oxygens (including phenoxy) is 1. The Morgan fingerprint density at radius 3 is 2.61 bits per heavy atom. The first-order valence-electron chi connectivity index (χ1n) is 10.7. The number of amides is 1. The molecule has 1 aliphatic rings. The third kappa shape index (κ3) is 5.81. The number of thioether (sulfide) groups is 1. The average Bonchev–Trinajstić information content (AvgIpc) is 3.14. The van der Waals surface area contributed by atoms with E-state index in [1.807, 2.05) is 12.1 Å². The molecular weight excluding hydrogens is 505 g/mol. The van der Waals surface area contributed by atoms with E-state index in [0.29, 0.717) is 32.1 Å². The largest absolute Gasteiger partial charge is 0.488 e. The number of carbonyl (C=O) groups is 1. The van der Waals surface area contributed by atoms with Gasteiger partial charge < -0.3 is 4.74 Å². The molecule has 0 unspecified atom stereocenters. The second kappa shape index (κ2) is 11.2. The van der Waals surface area contributed by atoms with Gasteiger partial charge in [0, 0.05) is 34.8 Å².